The Hall–Kier alpha value is -3.64. The standard InChI is InChI=1S/C33H38N2O4/c1-33(2,28-8-6-5-7-9-28)21-30(36)35-18-16-25(17-19-35)32-38-22-27-20-26(14-15-29(27)39-32)23-10-12-24(13-11-23)31(37)34(3)4/h5-15,20,25,32H,16-19,21-22H2,1-4H3. The van der Waals surface area contributed by atoms with E-state index in [9.17, 15) is 9.59 Å². The molecule has 0 spiro atoms. The van der Waals surface area contributed by atoms with Crippen LogP contribution in [0.2, 0.25) is 0 Å². The largest absolute Gasteiger partial charge is 0.464 e. The predicted octanol–water partition coefficient (Wildman–Crippen LogP) is 5.90. The van der Waals surface area contributed by atoms with Crippen molar-refractivity contribution in [3.8, 4) is 16.9 Å². The van der Waals surface area contributed by atoms with E-state index in [-0.39, 0.29) is 29.4 Å². The average molecular weight is 527 g/mol. The van der Waals surface area contributed by atoms with Crippen LogP contribution in [-0.2, 0) is 21.6 Å². The lowest BCUT2D eigenvalue weighted by Crippen LogP contribution is -2.45. The number of nitrogens with zero attached hydrogens (tertiary/aromatic N) is 2. The molecule has 0 saturated carbocycles. The maximum Gasteiger partial charge on any atom is 0.253 e. The van der Waals surface area contributed by atoms with Crippen molar-refractivity contribution in [1.29, 1.82) is 0 Å². The molecule has 2 heterocycles. The van der Waals surface area contributed by atoms with Crippen LogP contribution >= 0.6 is 0 Å². The van der Waals surface area contributed by atoms with Crippen molar-refractivity contribution < 1.29 is 19.1 Å². The fourth-order valence-electron chi connectivity index (χ4n) is 5.52. The molecule has 6 nitrogen and oxygen atoms in total. The van der Waals surface area contributed by atoms with Gasteiger partial charge in [-0.3, -0.25) is 9.59 Å². The molecule has 1 atom stereocenters. The minimum Gasteiger partial charge on any atom is -0.464 e. The number of benzene rings is 3. The van der Waals surface area contributed by atoms with Gasteiger partial charge in [0.25, 0.3) is 5.91 Å². The van der Waals surface area contributed by atoms with Crippen LogP contribution in [0.15, 0.2) is 72.8 Å². The Kier molecular flexibility index (Phi) is 7.76. The van der Waals surface area contributed by atoms with Gasteiger partial charge in [0.05, 0.1) is 6.61 Å². The second-order valence-corrected chi connectivity index (χ2v) is 11.5. The first-order valence-corrected chi connectivity index (χ1v) is 13.8. The van der Waals surface area contributed by atoms with Gasteiger partial charge in [-0.1, -0.05) is 62.4 Å². The second-order valence-electron chi connectivity index (χ2n) is 11.5. The third-order valence-electron chi connectivity index (χ3n) is 8.00. The van der Waals surface area contributed by atoms with Crippen LogP contribution in [-0.4, -0.2) is 55.1 Å². The van der Waals surface area contributed by atoms with E-state index in [1.165, 1.54) is 5.56 Å². The number of amides is 2. The molecule has 3 aromatic carbocycles. The van der Waals surface area contributed by atoms with Crippen LogP contribution in [0.25, 0.3) is 11.1 Å². The summed E-state index contributed by atoms with van der Waals surface area (Å²) in [6.45, 7) is 6.24. The second kappa shape index (κ2) is 11.2. The Morgan fingerprint density at radius 3 is 2.26 bits per heavy atom. The number of carbonyl (C=O) groups is 2. The van der Waals surface area contributed by atoms with Crippen LogP contribution in [0.4, 0.5) is 0 Å². The van der Waals surface area contributed by atoms with Gasteiger partial charge in [0.2, 0.25) is 12.2 Å². The van der Waals surface area contributed by atoms with E-state index >= 15 is 0 Å². The molecule has 2 aliphatic heterocycles. The van der Waals surface area contributed by atoms with Crippen LogP contribution < -0.4 is 4.74 Å². The number of piperidine rings is 1. The Morgan fingerprint density at radius 1 is 0.923 bits per heavy atom. The number of hydrogen-bond acceptors (Lipinski definition) is 4. The first-order valence-electron chi connectivity index (χ1n) is 13.8. The van der Waals surface area contributed by atoms with E-state index in [4.69, 9.17) is 9.47 Å². The normalized spacial score (nSPS) is 17.7. The zero-order valence-corrected chi connectivity index (χ0v) is 23.4. The maximum atomic E-state index is 13.1. The fraction of sp³-hybridized carbons (Fsp3) is 0.394. The number of carbonyl (C=O) groups excluding carboxylic acids is 2. The minimum atomic E-state index is -0.294. The van der Waals surface area contributed by atoms with Gasteiger partial charge in [-0.2, -0.15) is 0 Å². The fourth-order valence-corrected chi connectivity index (χ4v) is 5.52. The zero-order chi connectivity index (χ0) is 27.6. The highest BCUT2D eigenvalue weighted by Crippen LogP contribution is 2.36. The molecule has 204 valence electrons. The molecule has 0 aliphatic carbocycles. The molecular weight excluding hydrogens is 488 g/mol. The lowest BCUT2D eigenvalue weighted by molar-refractivity contribution is -0.154. The van der Waals surface area contributed by atoms with Gasteiger partial charge in [-0.15, -0.1) is 0 Å². The number of ether oxygens (including phenoxy) is 2. The number of rotatable bonds is 6. The molecule has 0 radical (unpaired) electrons. The van der Waals surface area contributed by atoms with Crippen molar-refractivity contribution in [1.82, 2.24) is 9.80 Å². The molecule has 39 heavy (non-hydrogen) atoms. The molecule has 1 unspecified atom stereocenters. The van der Waals surface area contributed by atoms with Crippen LogP contribution in [0, 0.1) is 5.92 Å². The predicted molar refractivity (Wildman–Crippen MR) is 152 cm³/mol. The quantitative estimate of drug-likeness (QED) is 0.402. The summed E-state index contributed by atoms with van der Waals surface area (Å²) in [7, 11) is 3.51. The summed E-state index contributed by atoms with van der Waals surface area (Å²) in [5.41, 5.74) is 4.79. The third kappa shape index (κ3) is 6.01. The monoisotopic (exact) mass is 526 g/mol. The summed E-state index contributed by atoms with van der Waals surface area (Å²) >= 11 is 0. The molecular formula is C33H38N2O4. The van der Waals surface area contributed by atoms with E-state index in [2.05, 4.69) is 38.1 Å². The summed E-state index contributed by atoms with van der Waals surface area (Å²) in [5, 5.41) is 0. The van der Waals surface area contributed by atoms with Crippen LogP contribution in [0.1, 0.15) is 54.6 Å². The molecule has 2 aliphatic rings. The van der Waals surface area contributed by atoms with Gasteiger partial charge in [0, 0.05) is 50.7 Å². The highest BCUT2D eigenvalue weighted by Gasteiger charge is 2.34. The minimum absolute atomic E-state index is 0.00828. The smallest absolute Gasteiger partial charge is 0.253 e. The molecule has 5 rings (SSSR count). The molecule has 0 N–H and O–H groups in total. The van der Waals surface area contributed by atoms with E-state index < -0.39 is 0 Å². The van der Waals surface area contributed by atoms with Crippen LogP contribution in [0.3, 0.4) is 0 Å². The van der Waals surface area contributed by atoms with Crippen molar-refractivity contribution >= 4 is 11.8 Å². The third-order valence-corrected chi connectivity index (χ3v) is 8.00. The lowest BCUT2D eigenvalue weighted by atomic mass is 9.81. The van der Waals surface area contributed by atoms with Crippen LogP contribution in [0.5, 0.6) is 5.75 Å². The molecule has 1 saturated heterocycles. The van der Waals surface area contributed by atoms with E-state index in [0.717, 1.165) is 48.4 Å². The Morgan fingerprint density at radius 2 is 1.59 bits per heavy atom. The van der Waals surface area contributed by atoms with Gasteiger partial charge in [-0.05, 0) is 59.2 Å². The first kappa shape index (κ1) is 26.9. The maximum absolute atomic E-state index is 13.1. The summed E-state index contributed by atoms with van der Waals surface area (Å²) in [5.74, 6) is 1.32. The Labute approximate surface area is 231 Å². The van der Waals surface area contributed by atoms with Gasteiger partial charge >= 0.3 is 0 Å². The summed E-state index contributed by atoms with van der Waals surface area (Å²) < 4.78 is 12.5. The van der Waals surface area contributed by atoms with Crippen molar-refractivity contribution in [2.45, 2.75) is 51.4 Å². The van der Waals surface area contributed by atoms with Crippen molar-refractivity contribution in [2.75, 3.05) is 27.2 Å². The van der Waals surface area contributed by atoms with Crippen molar-refractivity contribution in [3.05, 3.63) is 89.5 Å². The highest BCUT2D eigenvalue weighted by molar-refractivity contribution is 5.94. The number of fused-ring (bicyclic) bond motifs is 1. The molecule has 0 aromatic heterocycles. The molecule has 6 heteroatoms. The van der Waals surface area contributed by atoms with Crippen molar-refractivity contribution in [3.63, 3.8) is 0 Å². The van der Waals surface area contributed by atoms with Gasteiger partial charge in [0.1, 0.15) is 5.75 Å². The number of likely N-dealkylation sites (tertiary alicyclic amines) is 1. The molecule has 3 aromatic rings. The van der Waals surface area contributed by atoms with Crippen molar-refractivity contribution in [2.24, 2.45) is 5.92 Å². The average Bonchev–Trinajstić information content (AvgIpc) is 2.96. The number of hydrogen-bond donors (Lipinski definition) is 0. The van der Waals surface area contributed by atoms with Gasteiger partial charge in [-0.25, -0.2) is 0 Å². The highest BCUT2D eigenvalue weighted by atomic mass is 16.7. The van der Waals surface area contributed by atoms with Gasteiger partial charge in [0.15, 0.2) is 0 Å². The topological polar surface area (TPSA) is 59.1 Å². The molecule has 1 fully saturated rings. The summed E-state index contributed by atoms with van der Waals surface area (Å²) in [4.78, 5) is 28.9. The molecule has 0 bridgehead atoms. The first-order chi connectivity index (χ1) is 18.7. The summed E-state index contributed by atoms with van der Waals surface area (Å²) in [6, 6.07) is 24.1. The summed E-state index contributed by atoms with van der Waals surface area (Å²) in [6.07, 6.45) is 1.95. The zero-order valence-electron chi connectivity index (χ0n) is 23.4. The van der Waals surface area contributed by atoms with E-state index in [1.54, 1.807) is 19.0 Å². The van der Waals surface area contributed by atoms with Gasteiger partial charge < -0.3 is 19.3 Å². The SMILES string of the molecule is CN(C)C(=O)c1ccc(-c2ccc3c(c2)COC(C2CCN(C(=O)CC(C)(C)c4ccccc4)CC2)O3)cc1. The lowest BCUT2D eigenvalue weighted by Gasteiger charge is -2.38. The van der Waals surface area contributed by atoms with E-state index in [1.807, 2.05) is 53.4 Å². The molecule has 2 amide bonds. The Balaban J connectivity index is 1.16. The Bertz CT molecular complexity index is 1310. The van der Waals surface area contributed by atoms with E-state index in [0.29, 0.717) is 18.6 Å².